The van der Waals surface area contributed by atoms with E-state index in [2.05, 4.69) is 27.0 Å². The third-order valence-electron chi connectivity index (χ3n) is 8.24. The molecule has 2 aromatic rings. The number of halogens is 2. The van der Waals surface area contributed by atoms with Crippen molar-refractivity contribution in [3.8, 4) is 0 Å². The van der Waals surface area contributed by atoms with Gasteiger partial charge in [0.25, 0.3) is 5.91 Å². The summed E-state index contributed by atoms with van der Waals surface area (Å²) in [5.74, 6) is -0.822. The molecular formula is C32H35F2N3O. The summed E-state index contributed by atoms with van der Waals surface area (Å²) >= 11 is 0. The average Bonchev–Trinajstić information content (AvgIpc) is 3.04. The Hall–Kier alpha value is -3.54. The molecule has 1 aliphatic carbocycles. The zero-order chi connectivity index (χ0) is 27.3. The first-order chi connectivity index (χ1) is 18.1. The lowest BCUT2D eigenvalue weighted by Crippen LogP contribution is -2.58. The van der Waals surface area contributed by atoms with Gasteiger partial charge in [0.05, 0.1) is 12.3 Å². The molecule has 0 saturated carbocycles. The van der Waals surface area contributed by atoms with Crippen LogP contribution >= 0.6 is 0 Å². The van der Waals surface area contributed by atoms with E-state index in [1.54, 1.807) is 23.4 Å². The van der Waals surface area contributed by atoms with Crippen molar-refractivity contribution in [3.05, 3.63) is 106 Å². The molecule has 0 aromatic heterocycles. The van der Waals surface area contributed by atoms with Crippen molar-refractivity contribution in [1.82, 2.24) is 9.91 Å². The van der Waals surface area contributed by atoms with Crippen LogP contribution in [0.2, 0.25) is 0 Å². The molecule has 0 spiro atoms. The van der Waals surface area contributed by atoms with Gasteiger partial charge in [-0.15, -0.1) is 0 Å². The van der Waals surface area contributed by atoms with Crippen LogP contribution in [0.4, 0.5) is 8.78 Å². The highest BCUT2D eigenvalue weighted by molar-refractivity contribution is 6.00. The number of rotatable bonds is 5. The van der Waals surface area contributed by atoms with Gasteiger partial charge in [0, 0.05) is 18.5 Å². The first-order valence-corrected chi connectivity index (χ1v) is 13.4. The van der Waals surface area contributed by atoms with Crippen LogP contribution in [-0.2, 0) is 17.6 Å². The van der Waals surface area contributed by atoms with Crippen LogP contribution in [0.25, 0.3) is 0 Å². The van der Waals surface area contributed by atoms with Gasteiger partial charge in [-0.1, -0.05) is 56.8 Å². The number of carbonyl (C=O) groups is 1. The maximum Gasteiger partial charge on any atom is 0.272 e. The zero-order valence-corrected chi connectivity index (χ0v) is 22.6. The van der Waals surface area contributed by atoms with E-state index in [0.29, 0.717) is 48.2 Å². The normalized spacial score (nSPS) is 19.6. The van der Waals surface area contributed by atoms with E-state index in [1.807, 2.05) is 30.9 Å². The lowest BCUT2D eigenvalue weighted by molar-refractivity contribution is -0.135. The summed E-state index contributed by atoms with van der Waals surface area (Å²) in [6, 6.07) is 9.82. The Morgan fingerprint density at radius 2 is 1.61 bits per heavy atom. The number of nitrogens with zero attached hydrogens (tertiary/aromatic N) is 3. The van der Waals surface area contributed by atoms with Crippen molar-refractivity contribution in [2.75, 3.05) is 6.54 Å². The molecule has 6 heteroatoms. The molecule has 1 unspecified atom stereocenters. The van der Waals surface area contributed by atoms with E-state index in [4.69, 9.17) is 5.10 Å². The second kappa shape index (κ2) is 9.97. The smallest absolute Gasteiger partial charge is 0.272 e. The molecule has 1 fully saturated rings. The van der Waals surface area contributed by atoms with Gasteiger partial charge in [0.1, 0.15) is 17.3 Å². The number of hydrazone groups is 1. The third-order valence-corrected chi connectivity index (χ3v) is 8.24. The van der Waals surface area contributed by atoms with E-state index in [9.17, 15) is 4.79 Å². The maximum atomic E-state index is 15.2. The number of allylic oxidation sites excluding steroid dienone is 3. The van der Waals surface area contributed by atoms with Crippen LogP contribution in [0, 0.1) is 17.6 Å². The van der Waals surface area contributed by atoms with E-state index < -0.39 is 5.92 Å². The largest absolute Gasteiger partial charge is 0.333 e. The van der Waals surface area contributed by atoms with Gasteiger partial charge in [-0.05, 0) is 84.6 Å². The number of piperazine rings is 1. The monoisotopic (exact) mass is 515 g/mol. The fourth-order valence-electron chi connectivity index (χ4n) is 5.95. The molecule has 198 valence electrons. The molecule has 2 aromatic carbocycles. The van der Waals surface area contributed by atoms with Crippen molar-refractivity contribution >= 4 is 12.1 Å². The maximum absolute atomic E-state index is 15.2. The summed E-state index contributed by atoms with van der Waals surface area (Å²) < 4.78 is 30.4. The second-order valence-electron chi connectivity index (χ2n) is 11.1. The molecule has 1 amide bonds. The third kappa shape index (κ3) is 4.30. The van der Waals surface area contributed by atoms with Crippen molar-refractivity contribution < 1.29 is 13.6 Å². The minimum absolute atomic E-state index is 0.0712. The average molecular weight is 516 g/mol. The summed E-state index contributed by atoms with van der Waals surface area (Å²) in [5, 5.41) is 6.55. The SMILES string of the molecule is C=C1C=NN2C(=C1CC(=C)C(C)C)C(=O)N(C(C)C)CC2C1c2cccc(F)c2CCc2c(F)cccc21. The molecule has 0 bridgehead atoms. The molecule has 5 rings (SSSR count). The van der Waals surface area contributed by atoms with Gasteiger partial charge in [-0.25, -0.2) is 8.78 Å². The number of amides is 1. The van der Waals surface area contributed by atoms with Gasteiger partial charge < -0.3 is 4.90 Å². The number of fused-ring (bicyclic) bond motifs is 3. The molecule has 3 aliphatic rings. The van der Waals surface area contributed by atoms with E-state index in [0.717, 1.165) is 22.3 Å². The second-order valence-corrected chi connectivity index (χ2v) is 11.1. The molecule has 1 saturated heterocycles. The van der Waals surface area contributed by atoms with E-state index in [1.165, 1.54) is 12.1 Å². The predicted molar refractivity (Wildman–Crippen MR) is 148 cm³/mol. The Kier molecular flexibility index (Phi) is 6.84. The Morgan fingerprint density at radius 3 is 2.13 bits per heavy atom. The van der Waals surface area contributed by atoms with Crippen LogP contribution in [0.3, 0.4) is 0 Å². The number of hydrogen-bond acceptors (Lipinski definition) is 3. The lowest BCUT2D eigenvalue weighted by Gasteiger charge is -2.47. The minimum Gasteiger partial charge on any atom is -0.333 e. The van der Waals surface area contributed by atoms with Crippen LogP contribution in [0.15, 0.2) is 77.1 Å². The summed E-state index contributed by atoms with van der Waals surface area (Å²) in [7, 11) is 0. The van der Waals surface area contributed by atoms with Crippen LogP contribution in [0.1, 0.15) is 62.3 Å². The zero-order valence-electron chi connectivity index (χ0n) is 22.6. The summed E-state index contributed by atoms with van der Waals surface area (Å²) in [6.45, 7) is 17.0. The molecule has 1 atom stereocenters. The van der Waals surface area contributed by atoms with E-state index >= 15 is 8.78 Å². The number of benzene rings is 2. The van der Waals surface area contributed by atoms with Crippen LogP contribution in [-0.4, -0.2) is 40.7 Å². The van der Waals surface area contributed by atoms with Crippen molar-refractivity contribution in [2.45, 2.75) is 65.0 Å². The number of hydrogen-bond donors (Lipinski definition) is 0. The van der Waals surface area contributed by atoms with E-state index in [-0.39, 0.29) is 35.5 Å². The molecule has 0 radical (unpaired) electrons. The van der Waals surface area contributed by atoms with Gasteiger partial charge in [-0.3, -0.25) is 9.80 Å². The fraction of sp³-hybridized carbons (Fsp3) is 0.375. The topological polar surface area (TPSA) is 35.9 Å². The molecule has 0 N–H and O–H groups in total. The summed E-state index contributed by atoms with van der Waals surface area (Å²) in [5.41, 5.74) is 5.85. The van der Waals surface area contributed by atoms with Gasteiger partial charge in [0.2, 0.25) is 0 Å². The highest BCUT2D eigenvalue weighted by Gasteiger charge is 2.46. The standard InChI is InChI=1S/C32H35F2N3O/c1-18(2)20(5)15-26-21(6)16-35-37-29(17-36(19(3)4)32(38)31(26)37)30-24-9-7-11-27(33)22(24)13-14-23-25(30)10-8-12-28(23)34/h7-12,16,18-19,29-30H,5-6,13-15,17H2,1-4H3. The highest BCUT2D eigenvalue weighted by atomic mass is 19.1. The predicted octanol–water partition coefficient (Wildman–Crippen LogP) is 6.53. The van der Waals surface area contributed by atoms with Crippen molar-refractivity contribution in [2.24, 2.45) is 11.0 Å². The van der Waals surface area contributed by atoms with Gasteiger partial charge >= 0.3 is 0 Å². The van der Waals surface area contributed by atoms with Crippen molar-refractivity contribution in [1.29, 1.82) is 0 Å². The van der Waals surface area contributed by atoms with Crippen LogP contribution in [0.5, 0.6) is 0 Å². The van der Waals surface area contributed by atoms with Gasteiger partial charge in [-0.2, -0.15) is 5.10 Å². The molecule has 2 aliphatic heterocycles. The Bertz CT molecular complexity index is 1330. The summed E-state index contributed by atoms with van der Waals surface area (Å²) in [4.78, 5) is 15.8. The lowest BCUT2D eigenvalue weighted by atomic mass is 9.80. The Balaban J connectivity index is 1.75. The highest BCUT2D eigenvalue weighted by Crippen LogP contribution is 2.44. The Morgan fingerprint density at radius 1 is 1.03 bits per heavy atom. The minimum atomic E-state index is -0.392. The van der Waals surface area contributed by atoms with Crippen LogP contribution < -0.4 is 0 Å². The molecule has 2 heterocycles. The fourth-order valence-corrected chi connectivity index (χ4v) is 5.95. The van der Waals surface area contributed by atoms with Crippen molar-refractivity contribution in [3.63, 3.8) is 0 Å². The first-order valence-electron chi connectivity index (χ1n) is 13.4. The molecule has 4 nitrogen and oxygen atoms in total. The number of carbonyl (C=O) groups excluding carboxylic acids is 1. The Labute approximate surface area is 224 Å². The van der Waals surface area contributed by atoms with Gasteiger partial charge in [0.15, 0.2) is 0 Å². The summed E-state index contributed by atoms with van der Waals surface area (Å²) in [6.07, 6.45) is 3.04. The molecular weight excluding hydrogens is 480 g/mol. The molecule has 38 heavy (non-hydrogen) atoms. The first kappa shape index (κ1) is 26.1. The quantitative estimate of drug-likeness (QED) is 0.425.